The summed E-state index contributed by atoms with van der Waals surface area (Å²) in [5, 5.41) is 17.2. The van der Waals surface area contributed by atoms with E-state index in [0.29, 0.717) is 10.8 Å². The van der Waals surface area contributed by atoms with Crippen LogP contribution in [0, 0.1) is 24.0 Å². The molecule has 5 nitrogen and oxygen atoms in total. The zero-order valence-electron chi connectivity index (χ0n) is 11.7. The number of nitro groups is 1. The second-order valence-corrected chi connectivity index (χ2v) is 5.11. The fourth-order valence-electron chi connectivity index (χ4n) is 1.82. The van der Waals surface area contributed by atoms with Gasteiger partial charge >= 0.3 is 0 Å². The van der Waals surface area contributed by atoms with Gasteiger partial charge in [-0.15, -0.1) is 0 Å². The summed E-state index contributed by atoms with van der Waals surface area (Å²) >= 11 is 5.25. The number of rotatable bonds is 3. The van der Waals surface area contributed by atoms with Crippen LogP contribution in [0.2, 0.25) is 0 Å². The molecule has 0 saturated carbocycles. The van der Waals surface area contributed by atoms with Crippen LogP contribution in [-0.4, -0.2) is 10.0 Å². The van der Waals surface area contributed by atoms with Crippen molar-refractivity contribution in [1.82, 2.24) is 0 Å². The number of non-ortho nitro benzene ring substituents is 1. The molecule has 0 aliphatic carbocycles. The van der Waals surface area contributed by atoms with Crippen molar-refractivity contribution < 1.29 is 4.92 Å². The number of nitrogens with one attached hydrogen (secondary N) is 2. The smallest absolute Gasteiger partial charge is 0.269 e. The highest BCUT2D eigenvalue weighted by atomic mass is 32.1. The van der Waals surface area contributed by atoms with Crippen LogP contribution in [-0.2, 0) is 0 Å². The Morgan fingerprint density at radius 2 is 1.76 bits per heavy atom. The van der Waals surface area contributed by atoms with Crippen molar-refractivity contribution in [2.75, 3.05) is 10.6 Å². The first-order valence-corrected chi connectivity index (χ1v) is 6.76. The number of aryl methyl sites for hydroxylation is 2. The summed E-state index contributed by atoms with van der Waals surface area (Å²) in [6.07, 6.45) is 0. The summed E-state index contributed by atoms with van der Waals surface area (Å²) in [5.74, 6) is 0. The number of hydrogen-bond donors (Lipinski definition) is 2. The summed E-state index contributed by atoms with van der Waals surface area (Å²) in [6.45, 7) is 4.01. The van der Waals surface area contributed by atoms with Crippen LogP contribution in [0.25, 0.3) is 0 Å². The van der Waals surface area contributed by atoms with Gasteiger partial charge in [0.25, 0.3) is 5.69 Å². The van der Waals surface area contributed by atoms with Gasteiger partial charge in [0.1, 0.15) is 0 Å². The first-order valence-electron chi connectivity index (χ1n) is 6.35. The van der Waals surface area contributed by atoms with Gasteiger partial charge in [0.05, 0.1) is 4.92 Å². The van der Waals surface area contributed by atoms with Crippen molar-refractivity contribution in [3.63, 3.8) is 0 Å². The number of nitro benzene ring substituents is 1. The van der Waals surface area contributed by atoms with Gasteiger partial charge in [-0.25, -0.2) is 0 Å². The second-order valence-electron chi connectivity index (χ2n) is 4.70. The van der Waals surface area contributed by atoms with Gasteiger partial charge in [-0.3, -0.25) is 10.1 Å². The van der Waals surface area contributed by atoms with Gasteiger partial charge in [-0.05, 0) is 55.4 Å². The van der Waals surface area contributed by atoms with E-state index in [2.05, 4.69) is 10.6 Å². The Morgan fingerprint density at radius 1 is 1.10 bits per heavy atom. The lowest BCUT2D eigenvalue weighted by atomic mass is 10.1. The van der Waals surface area contributed by atoms with Crippen molar-refractivity contribution in [3.05, 3.63) is 63.7 Å². The topological polar surface area (TPSA) is 67.2 Å². The molecule has 6 heteroatoms. The first kappa shape index (κ1) is 14.9. The maximum absolute atomic E-state index is 10.6. The zero-order chi connectivity index (χ0) is 15.4. The average Bonchev–Trinajstić information content (AvgIpc) is 2.43. The quantitative estimate of drug-likeness (QED) is 0.509. The van der Waals surface area contributed by atoms with E-state index >= 15 is 0 Å². The Balaban J connectivity index is 2.04. The predicted molar refractivity (Wildman–Crippen MR) is 88.9 cm³/mol. The molecule has 0 amide bonds. The van der Waals surface area contributed by atoms with Crippen LogP contribution >= 0.6 is 12.2 Å². The molecule has 0 atom stereocenters. The fraction of sp³-hybridized carbons (Fsp3) is 0.133. The minimum absolute atomic E-state index is 0.0500. The summed E-state index contributed by atoms with van der Waals surface area (Å²) in [7, 11) is 0. The Labute approximate surface area is 128 Å². The minimum Gasteiger partial charge on any atom is -0.332 e. The highest BCUT2D eigenvalue weighted by Gasteiger charge is 2.06. The lowest BCUT2D eigenvalue weighted by molar-refractivity contribution is -0.384. The van der Waals surface area contributed by atoms with E-state index in [0.717, 1.165) is 16.8 Å². The molecule has 0 bridgehead atoms. The summed E-state index contributed by atoms with van der Waals surface area (Å²) in [4.78, 5) is 10.2. The molecule has 0 aliphatic heterocycles. The number of anilines is 2. The minimum atomic E-state index is -0.434. The molecule has 2 N–H and O–H groups in total. The Morgan fingerprint density at radius 3 is 2.38 bits per heavy atom. The van der Waals surface area contributed by atoms with Crippen LogP contribution in [0.15, 0.2) is 42.5 Å². The average molecular weight is 301 g/mol. The van der Waals surface area contributed by atoms with Gasteiger partial charge < -0.3 is 10.6 Å². The molecule has 0 spiro atoms. The van der Waals surface area contributed by atoms with Crippen LogP contribution in [0.5, 0.6) is 0 Å². The summed E-state index contributed by atoms with van der Waals surface area (Å²) < 4.78 is 0. The van der Waals surface area contributed by atoms with Crippen LogP contribution in [0.1, 0.15) is 11.1 Å². The third-order valence-corrected chi connectivity index (χ3v) is 3.18. The lowest BCUT2D eigenvalue weighted by Gasteiger charge is -2.13. The second kappa shape index (κ2) is 6.32. The number of thiocarbonyl (C=S) groups is 1. The Bertz CT molecular complexity index is 684. The molecule has 0 aliphatic rings. The van der Waals surface area contributed by atoms with E-state index in [1.165, 1.54) is 12.1 Å². The van der Waals surface area contributed by atoms with E-state index in [1.807, 2.05) is 32.0 Å². The summed E-state index contributed by atoms with van der Waals surface area (Å²) in [5.41, 5.74) is 3.92. The maximum Gasteiger partial charge on any atom is 0.269 e. The molecule has 0 heterocycles. The van der Waals surface area contributed by atoms with Crippen LogP contribution in [0.3, 0.4) is 0 Å². The monoisotopic (exact) mass is 301 g/mol. The molecule has 0 unspecified atom stereocenters. The third kappa shape index (κ3) is 4.00. The van der Waals surface area contributed by atoms with Crippen LogP contribution in [0.4, 0.5) is 17.1 Å². The highest BCUT2D eigenvalue weighted by molar-refractivity contribution is 7.80. The van der Waals surface area contributed by atoms with E-state index in [4.69, 9.17) is 12.2 Å². The fourth-order valence-corrected chi connectivity index (χ4v) is 2.05. The number of hydrogen-bond acceptors (Lipinski definition) is 3. The number of benzene rings is 2. The largest absolute Gasteiger partial charge is 0.332 e. The molecule has 108 valence electrons. The van der Waals surface area contributed by atoms with E-state index in [1.54, 1.807) is 12.1 Å². The first-order chi connectivity index (χ1) is 9.95. The van der Waals surface area contributed by atoms with Gasteiger partial charge in [0.15, 0.2) is 5.11 Å². The standard InChI is InChI=1S/C15H15N3O2S/c1-10-3-4-11(2)14(9-10)17-15(21)16-12-5-7-13(8-6-12)18(19)20/h3-9H,1-2H3,(H2,16,17,21). The molecular weight excluding hydrogens is 286 g/mol. The molecule has 0 radical (unpaired) electrons. The van der Waals surface area contributed by atoms with E-state index < -0.39 is 4.92 Å². The van der Waals surface area contributed by atoms with Crippen molar-refractivity contribution in [2.45, 2.75) is 13.8 Å². The Kier molecular flexibility index (Phi) is 4.49. The Hall–Kier alpha value is -2.47. The van der Waals surface area contributed by atoms with E-state index in [9.17, 15) is 10.1 Å². The third-order valence-electron chi connectivity index (χ3n) is 2.98. The molecule has 0 fully saturated rings. The predicted octanol–water partition coefficient (Wildman–Crippen LogP) is 4.02. The highest BCUT2D eigenvalue weighted by Crippen LogP contribution is 2.18. The molecule has 0 saturated heterocycles. The molecule has 0 aromatic heterocycles. The van der Waals surface area contributed by atoms with E-state index in [-0.39, 0.29) is 5.69 Å². The molecule has 2 aromatic carbocycles. The van der Waals surface area contributed by atoms with Crippen molar-refractivity contribution in [1.29, 1.82) is 0 Å². The van der Waals surface area contributed by atoms with Gasteiger partial charge in [0, 0.05) is 23.5 Å². The van der Waals surface area contributed by atoms with Crippen LogP contribution < -0.4 is 10.6 Å². The molecule has 2 rings (SSSR count). The maximum atomic E-state index is 10.6. The van der Waals surface area contributed by atoms with Gasteiger partial charge in [-0.2, -0.15) is 0 Å². The SMILES string of the molecule is Cc1ccc(C)c(NC(=S)Nc2ccc([N+](=O)[O-])cc2)c1. The molecular formula is C15H15N3O2S. The normalized spacial score (nSPS) is 10.0. The van der Waals surface area contributed by atoms with Crippen molar-refractivity contribution in [3.8, 4) is 0 Å². The molecule has 2 aromatic rings. The summed E-state index contributed by atoms with van der Waals surface area (Å²) in [6, 6.07) is 12.2. The van der Waals surface area contributed by atoms with Crippen molar-refractivity contribution in [2.24, 2.45) is 0 Å². The van der Waals surface area contributed by atoms with Gasteiger partial charge in [-0.1, -0.05) is 12.1 Å². The van der Waals surface area contributed by atoms with Gasteiger partial charge in [0.2, 0.25) is 0 Å². The molecule has 21 heavy (non-hydrogen) atoms. The zero-order valence-corrected chi connectivity index (χ0v) is 12.5. The van der Waals surface area contributed by atoms with Crippen molar-refractivity contribution >= 4 is 34.4 Å². The lowest BCUT2D eigenvalue weighted by Crippen LogP contribution is -2.19. The number of nitrogens with zero attached hydrogens (tertiary/aromatic N) is 1.